The lowest BCUT2D eigenvalue weighted by atomic mass is 10.1. The van der Waals surface area contributed by atoms with Crippen LogP contribution in [0.4, 0.5) is 0 Å². The minimum Gasteiger partial charge on any atom is -0.455 e. The van der Waals surface area contributed by atoms with Crippen molar-refractivity contribution in [1.29, 1.82) is 0 Å². The van der Waals surface area contributed by atoms with Gasteiger partial charge in [0, 0.05) is 0 Å². The fourth-order valence-electron chi connectivity index (χ4n) is 2.40. The number of ether oxygens (including phenoxy) is 4. The Morgan fingerprint density at radius 3 is 2.71 bits per heavy atom. The Bertz CT molecular complexity index is 362. The molecule has 5 heteroatoms. The molecule has 0 spiro atoms. The van der Waals surface area contributed by atoms with Crippen molar-refractivity contribution < 1.29 is 23.7 Å². The molecule has 2 saturated heterocycles. The van der Waals surface area contributed by atoms with Crippen LogP contribution in [0.25, 0.3) is 0 Å². The summed E-state index contributed by atoms with van der Waals surface area (Å²) >= 11 is 0. The van der Waals surface area contributed by atoms with Crippen molar-refractivity contribution in [2.45, 2.75) is 50.5 Å². The van der Waals surface area contributed by atoms with Crippen LogP contribution >= 0.6 is 0 Å². The van der Waals surface area contributed by atoms with E-state index in [0.29, 0.717) is 13.0 Å². The van der Waals surface area contributed by atoms with Gasteiger partial charge in [-0.1, -0.05) is 6.08 Å². The lowest BCUT2D eigenvalue weighted by molar-refractivity contribution is -0.159. The van der Waals surface area contributed by atoms with E-state index in [1.54, 1.807) is 0 Å². The summed E-state index contributed by atoms with van der Waals surface area (Å²) < 4.78 is 22.2. The van der Waals surface area contributed by atoms with Gasteiger partial charge in [-0.25, -0.2) is 0 Å². The molecule has 0 N–H and O–H groups in total. The zero-order chi connectivity index (χ0) is 12.0. The molecule has 0 radical (unpaired) electrons. The van der Waals surface area contributed by atoms with Gasteiger partial charge in [-0.15, -0.1) is 0 Å². The maximum Gasteiger partial charge on any atom is 0.309 e. The first-order valence-electron chi connectivity index (χ1n) is 5.88. The van der Waals surface area contributed by atoms with Crippen molar-refractivity contribution in [2.75, 3.05) is 6.61 Å². The minimum absolute atomic E-state index is 0.113. The molecular formula is C12H16O5. The van der Waals surface area contributed by atoms with Gasteiger partial charge in [-0.2, -0.15) is 0 Å². The van der Waals surface area contributed by atoms with E-state index in [2.05, 4.69) is 0 Å². The van der Waals surface area contributed by atoms with Crippen molar-refractivity contribution in [1.82, 2.24) is 0 Å². The maximum atomic E-state index is 11.1. The summed E-state index contributed by atoms with van der Waals surface area (Å²) in [5, 5.41) is 0. The smallest absolute Gasteiger partial charge is 0.309 e. The largest absolute Gasteiger partial charge is 0.455 e. The van der Waals surface area contributed by atoms with Gasteiger partial charge >= 0.3 is 5.97 Å². The first-order valence-corrected chi connectivity index (χ1v) is 5.88. The van der Waals surface area contributed by atoms with Crippen LogP contribution in [0.5, 0.6) is 0 Å². The minimum atomic E-state index is -0.555. The van der Waals surface area contributed by atoms with E-state index in [0.717, 1.165) is 0 Å². The Hall–Kier alpha value is -0.910. The average molecular weight is 240 g/mol. The quantitative estimate of drug-likeness (QED) is 0.500. The molecule has 3 aliphatic rings. The van der Waals surface area contributed by atoms with E-state index < -0.39 is 5.79 Å². The van der Waals surface area contributed by atoms with Crippen molar-refractivity contribution in [3.63, 3.8) is 0 Å². The predicted octanol–water partition coefficient (Wildman–Crippen LogP) is 0.777. The van der Waals surface area contributed by atoms with Crippen LogP contribution < -0.4 is 0 Å². The summed E-state index contributed by atoms with van der Waals surface area (Å²) in [4.78, 5) is 11.1. The fraction of sp³-hybridized carbons (Fsp3) is 0.750. The fourth-order valence-corrected chi connectivity index (χ4v) is 2.40. The molecule has 2 fully saturated rings. The highest BCUT2D eigenvalue weighted by Gasteiger charge is 2.43. The van der Waals surface area contributed by atoms with Crippen LogP contribution in [0.3, 0.4) is 0 Å². The lowest BCUT2D eigenvalue weighted by Gasteiger charge is -2.29. The van der Waals surface area contributed by atoms with Crippen molar-refractivity contribution >= 4 is 5.97 Å². The third kappa shape index (κ3) is 2.10. The van der Waals surface area contributed by atoms with Gasteiger partial charge in [-0.05, 0) is 19.9 Å². The zero-order valence-electron chi connectivity index (χ0n) is 9.92. The normalized spacial score (nSPS) is 43.5. The van der Waals surface area contributed by atoms with Crippen LogP contribution in [0, 0.1) is 0 Å². The van der Waals surface area contributed by atoms with E-state index in [-0.39, 0.29) is 30.4 Å². The molecule has 17 heavy (non-hydrogen) atoms. The van der Waals surface area contributed by atoms with Crippen molar-refractivity contribution in [2.24, 2.45) is 0 Å². The number of esters is 1. The molecule has 0 bridgehead atoms. The second kappa shape index (κ2) is 3.80. The Balaban J connectivity index is 1.67. The van der Waals surface area contributed by atoms with Crippen LogP contribution in [-0.4, -0.2) is 42.8 Å². The van der Waals surface area contributed by atoms with Crippen LogP contribution in [-0.2, 0) is 23.7 Å². The second-order valence-electron chi connectivity index (χ2n) is 5.05. The molecule has 0 unspecified atom stereocenters. The molecule has 0 saturated carbocycles. The molecule has 5 nitrogen and oxygen atoms in total. The number of carbonyl (C=O) groups excluding carboxylic acids is 1. The predicted molar refractivity (Wildman–Crippen MR) is 57.2 cm³/mol. The van der Waals surface area contributed by atoms with E-state index in [9.17, 15) is 4.79 Å². The molecule has 0 aromatic carbocycles. The molecule has 4 atom stereocenters. The molecule has 0 aromatic heterocycles. The second-order valence-corrected chi connectivity index (χ2v) is 5.05. The molecule has 0 aliphatic carbocycles. The Morgan fingerprint density at radius 2 is 2.00 bits per heavy atom. The molecule has 94 valence electrons. The lowest BCUT2D eigenvalue weighted by Crippen LogP contribution is -2.40. The van der Waals surface area contributed by atoms with Gasteiger partial charge in [0.1, 0.15) is 24.4 Å². The standard InChI is InChI=1S/C12H16O5/c1-12(2)14-6-10(17-12)8-4-3-7-9(15-8)5-11(13)16-7/h3-4,7-10H,5-6H2,1-2H3/t7-,8+,9-,10-/m0/s1. The summed E-state index contributed by atoms with van der Waals surface area (Å²) in [6.45, 7) is 4.27. The van der Waals surface area contributed by atoms with Gasteiger partial charge in [-0.3, -0.25) is 4.79 Å². The van der Waals surface area contributed by atoms with E-state index >= 15 is 0 Å². The van der Waals surface area contributed by atoms with Crippen LogP contribution in [0.15, 0.2) is 12.2 Å². The van der Waals surface area contributed by atoms with Crippen molar-refractivity contribution in [3.05, 3.63) is 12.2 Å². The highest BCUT2D eigenvalue weighted by atomic mass is 16.8. The van der Waals surface area contributed by atoms with Crippen molar-refractivity contribution in [3.8, 4) is 0 Å². The molecule has 0 aromatic rings. The molecular weight excluding hydrogens is 224 g/mol. The highest BCUT2D eigenvalue weighted by Crippen LogP contribution is 2.31. The maximum absolute atomic E-state index is 11.1. The summed E-state index contributed by atoms with van der Waals surface area (Å²) in [6.07, 6.45) is 3.43. The Morgan fingerprint density at radius 1 is 1.24 bits per heavy atom. The summed E-state index contributed by atoms with van der Waals surface area (Å²) in [5.74, 6) is -0.755. The summed E-state index contributed by atoms with van der Waals surface area (Å²) in [7, 11) is 0. The number of rotatable bonds is 1. The first kappa shape index (κ1) is 11.2. The summed E-state index contributed by atoms with van der Waals surface area (Å²) in [6, 6.07) is 0. The molecule has 0 amide bonds. The third-order valence-electron chi connectivity index (χ3n) is 3.22. The van der Waals surface area contributed by atoms with Gasteiger partial charge in [0.2, 0.25) is 0 Å². The number of fused-ring (bicyclic) bond motifs is 1. The van der Waals surface area contributed by atoms with E-state index in [1.165, 1.54) is 0 Å². The van der Waals surface area contributed by atoms with Crippen LogP contribution in [0.1, 0.15) is 20.3 Å². The van der Waals surface area contributed by atoms with Crippen LogP contribution in [0.2, 0.25) is 0 Å². The number of hydrogen-bond acceptors (Lipinski definition) is 5. The number of hydrogen-bond donors (Lipinski definition) is 0. The Kier molecular flexibility index (Phi) is 2.50. The first-order chi connectivity index (χ1) is 8.03. The topological polar surface area (TPSA) is 54.0 Å². The van der Waals surface area contributed by atoms with E-state index in [1.807, 2.05) is 26.0 Å². The molecule has 3 aliphatic heterocycles. The third-order valence-corrected chi connectivity index (χ3v) is 3.22. The van der Waals surface area contributed by atoms with Gasteiger partial charge in [0.25, 0.3) is 0 Å². The zero-order valence-corrected chi connectivity index (χ0v) is 9.92. The van der Waals surface area contributed by atoms with E-state index in [4.69, 9.17) is 18.9 Å². The Labute approximate surface area is 99.7 Å². The number of carbonyl (C=O) groups is 1. The highest BCUT2D eigenvalue weighted by molar-refractivity contribution is 5.73. The monoisotopic (exact) mass is 240 g/mol. The summed E-state index contributed by atoms with van der Waals surface area (Å²) in [5.41, 5.74) is 0. The SMILES string of the molecule is CC1(C)OC[C@@H]([C@H]2C=C[C@@H]3OC(=O)C[C@@H]3O2)O1. The van der Waals surface area contributed by atoms with Gasteiger partial charge in [0.15, 0.2) is 5.79 Å². The molecule has 3 heterocycles. The molecule has 3 rings (SSSR count). The van der Waals surface area contributed by atoms with Gasteiger partial charge < -0.3 is 18.9 Å². The van der Waals surface area contributed by atoms with Gasteiger partial charge in [0.05, 0.1) is 13.0 Å². The average Bonchev–Trinajstić information content (AvgIpc) is 2.78.